The molecule has 0 saturated carbocycles. The molecule has 0 spiro atoms. The number of benzene rings is 1. The van der Waals surface area contributed by atoms with Crippen LogP contribution in [-0.4, -0.2) is 20.3 Å². The second-order valence-corrected chi connectivity index (χ2v) is 4.07. The molecule has 1 N–H and O–H groups in total. The minimum absolute atomic E-state index is 0.650. The Hall–Kier alpha value is -1.48. The number of hydrogen-bond donors (Lipinski definition) is 1. The van der Waals surface area contributed by atoms with Crippen molar-refractivity contribution in [3.05, 3.63) is 36.4 Å². The maximum atomic E-state index is 5.76. The largest absolute Gasteiger partial charge is 0.493 e. The number of nitrogens with one attached hydrogen (secondary N) is 1. The standard InChI is InChI=1S/C15H23NO2/c1-4-6-10-18-15-11-14(17-9-5-2)8-7-13(15)12-16-3/h4,7-8,11,16H,1,5-6,9-10,12H2,2-3H3. The lowest BCUT2D eigenvalue weighted by Gasteiger charge is -2.13. The second kappa shape index (κ2) is 8.59. The van der Waals surface area contributed by atoms with Crippen molar-refractivity contribution in [3.8, 4) is 11.5 Å². The fraction of sp³-hybridized carbons (Fsp3) is 0.467. The summed E-state index contributed by atoms with van der Waals surface area (Å²) in [4.78, 5) is 0. The van der Waals surface area contributed by atoms with Crippen LogP contribution in [0.4, 0.5) is 0 Å². The van der Waals surface area contributed by atoms with Crippen LogP contribution in [0.5, 0.6) is 11.5 Å². The van der Waals surface area contributed by atoms with Crippen LogP contribution in [0.1, 0.15) is 25.3 Å². The molecule has 0 atom stereocenters. The first-order valence-electron chi connectivity index (χ1n) is 6.45. The van der Waals surface area contributed by atoms with Crippen molar-refractivity contribution in [2.45, 2.75) is 26.3 Å². The highest BCUT2D eigenvalue weighted by Crippen LogP contribution is 2.25. The minimum Gasteiger partial charge on any atom is -0.493 e. The minimum atomic E-state index is 0.650. The Morgan fingerprint density at radius 3 is 2.78 bits per heavy atom. The lowest BCUT2D eigenvalue weighted by Crippen LogP contribution is -2.08. The summed E-state index contributed by atoms with van der Waals surface area (Å²) in [6.07, 6.45) is 3.71. The average Bonchev–Trinajstić information content (AvgIpc) is 2.39. The molecule has 3 nitrogen and oxygen atoms in total. The normalized spacial score (nSPS) is 10.1. The third-order valence-corrected chi connectivity index (χ3v) is 2.46. The molecule has 1 aromatic carbocycles. The molecule has 0 amide bonds. The molecule has 0 fully saturated rings. The molecule has 0 aromatic heterocycles. The predicted molar refractivity (Wildman–Crippen MR) is 75.3 cm³/mol. The monoisotopic (exact) mass is 249 g/mol. The molecule has 0 saturated heterocycles. The second-order valence-electron chi connectivity index (χ2n) is 4.07. The average molecular weight is 249 g/mol. The topological polar surface area (TPSA) is 30.5 Å². The molecule has 0 aliphatic rings. The highest BCUT2D eigenvalue weighted by atomic mass is 16.5. The lowest BCUT2D eigenvalue weighted by atomic mass is 10.2. The molecular weight excluding hydrogens is 226 g/mol. The SMILES string of the molecule is C=CCCOc1cc(OCCC)ccc1CNC. The molecule has 1 aromatic rings. The van der Waals surface area contributed by atoms with Gasteiger partial charge in [-0.1, -0.05) is 19.1 Å². The van der Waals surface area contributed by atoms with E-state index >= 15 is 0 Å². The van der Waals surface area contributed by atoms with Gasteiger partial charge in [-0.05, 0) is 26.0 Å². The van der Waals surface area contributed by atoms with Gasteiger partial charge in [0.15, 0.2) is 0 Å². The third-order valence-electron chi connectivity index (χ3n) is 2.46. The summed E-state index contributed by atoms with van der Waals surface area (Å²) in [6, 6.07) is 6.00. The van der Waals surface area contributed by atoms with Crippen molar-refractivity contribution in [1.82, 2.24) is 5.32 Å². The zero-order valence-corrected chi connectivity index (χ0v) is 11.4. The summed E-state index contributed by atoms with van der Waals surface area (Å²) in [7, 11) is 1.93. The maximum absolute atomic E-state index is 5.76. The molecule has 100 valence electrons. The maximum Gasteiger partial charge on any atom is 0.127 e. The van der Waals surface area contributed by atoms with E-state index in [-0.39, 0.29) is 0 Å². The van der Waals surface area contributed by atoms with Crippen LogP contribution in [0.2, 0.25) is 0 Å². The van der Waals surface area contributed by atoms with Crippen LogP contribution in [0, 0.1) is 0 Å². The quantitative estimate of drug-likeness (QED) is 0.538. The molecule has 18 heavy (non-hydrogen) atoms. The van der Waals surface area contributed by atoms with Gasteiger partial charge in [0.25, 0.3) is 0 Å². The van der Waals surface area contributed by atoms with E-state index in [4.69, 9.17) is 9.47 Å². The van der Waals surface area contributed by atoms with E-state index in [0.29, 0.717) is 6.61 Å². The zero-order chi connectivity index (χ0) is 13.2. The van der Waals surface area contributed by atoms with Crippen molar-refractivity contribution in [2.24, 2.45) is 0 Å². The van der Waals surface area contributed by atoms with Gasteiger partial charge in [0.2, 0.25) is 0 Å². The molecule has 0 unspecified atom stereocenters. The summed E-state index contributed by atoms with van der Waals surface area (Å²) in [5.74, 6) is 1.75. The van der Waals surface area contributed by atoms with E-state index in [0.717, 1.165) is 43.1 Å². The number of ether oxygens (including phenoxy) is 2. The van der Waals surface area contributed by atoms with Crippen LogP contribution in [0.25, 0.3) is 0 Å². The van der Waals surface area contributed by atoms with E-state index in [1.54, 1.807) is 0 Å². The molecule has 0 aliphatic carbocycles. The van der Waals surface area contributed by atoms with Gasteiger partial charge in [0, 0.05) is 18.2 Å². The number of hydrogen-bond acceptors (Lipinski definition) is 3. The highest BCUT2D eigenvalue weighted by Gasteiger charge is 2.05. The van der Waals surface area contributed by atoms with Gasteiger partial charge in [-0.2, -0.15) is 0 Å². The van der Waals surface area contributed by atoms with Crippen LogP contribution in [-0.2, 0) is 6.54 Å². The Kier molecular flexibility index (Phi) is 6.96. The Labute approximate surface area is 110 Å². The lowest BCUT2D eigenvalue weighted by molar-refractivity contribution is 0.302. The van der Waals surface area contributed by atoms with Gasteiger partial charge in [0.1, 0.15) is 11.5 Å². The van der Waals surface area contributed by atoms with Crippen molar-refractivity contribution < 1.29 is 9.47 Å². The summed E-state index contributed by atoms with van der Waals surface area (Å²) in [5.41, 5.74) is 1.14. The zero-order valence-electron chi connectivity index (χ0n) is 11.4. The molecule has 0 aliphatic heterocycles. The van der Waals surface area contributed by atoms with Gasteiger partial charge < -0.3 is 14.8 Å². The third kappa shape index (κ3) is 4.80. The van der Waals surface area contributed by atoms with Gasteiger partial charge in [-0.3, -0.25) is 0 Å². The first-order chi connectivity index (χ1) is 8.81. The highest BCUT2D eigenvalue weighted by molar-refractivity contribution is 5.40. The molecule has 1 rings (SSSR count). The van der Waals surface area contributed by atoms with Gasteiger partial charge in [-0.15, -0.1) is 6.58 Å². The van der Waals surface area contributed by atoms with E-state index in [2.05, 4.69) is 18.8 Å². The first-order valence-corrected chi connectivity index (χ1v) is 6.45. The van der Waals surface area contributed by atoms with E-state index in [9.17, 15) is 0 Å². The summed E-state index contributed by atoms with van der Waals surface area (Å²) >= 11 is 0. The molecule has 0 heterocycles. The fourth-order valence-electron chi connectivity index (χ4n) is 1.57. The van der Waals surface area contributed by atoms with Crippen LogP contribution in [0.15, 0.2) is 30.9 Å². The van der Waals surface area contributed by atoms with E-state index in [1.807, 2.05) is 31.3 Å². The summed E-state index contributed by atoms with van der Waals surface area (Å²) in [6.45, 7) is 7.96. The Morgan fingerprint density at radius 2 is 2.11 bits per heavy atom. The van der Waals surface area contributed by atoms with Crippen molar-refractivity contribution in [2.75, 3.05) is 20.3 Å². The first kappa shape index (κ1) is 14.6. The molecule has 3 heteroatoms. The Morgan fingerprint density at radius 1 is 1.28 bits per heavy atom. The summed E-state index contributed by atoms with van der Waals surface area (Å²) in [5, 5.41) is 3.14. The molecular formula is C15H23NO2. The van der Waals surface area contributed by atoms with Crippen molar-refractivity contribution >= 4 is 0 Å². The van der Waals surface area contributed by atoms with Crippen molar-refractivity contribution in [1.29, 1.82) is 0 Å². The van der Waals surface area contributed by atoms with E-state index in [1.165, 1.54) is 0 Å². The van der Waals surface area contributed by atoms with Crippen LogP contribution < -0.4 is 14.8 Å². The van der Waals surface area contributed by atoms with Crippen LogP contribution in [0.3, 0.4) is 0 Å². The van der Waals surface area contributed by atoms with Gasteiger partial charge >= 0.3 is 0 Å². The Balaban J connectivity index is 2.74. The van der Waals surface area contributed by atoms with Gasteiger partial charge in [0.05, 0.1) is 13.2 Å². The Bertz CT molecular complexity index is 364. The van der Waals surface area contributed by atoms with E-state index < -0.39 is 0 Å². The molecule has 0 radical (unpaired) electrons. The van der Waals surface area contributed by atoms with Crippen LogP contribution >= 0.6 is 0 Å². The number of rotatable bonds is 9. The fourth-order valence-corrected chi connectivity index (χ4v) is 1.57. The summed E-state index contributed by atoms with van der Waals surface area (Å²) < 4.78 is 11.4. The van der Waals surface area contributed by atoms with Crippen molar-refractivity contribution in [3.63, 3.8) is 0 Å². The smallest absolute Gasteiger partial charge is 0.127 e. The van der Waals surface area contributed by atoms with Gasteiger partial charge in [-0.25, -0.2) is 0 Å². The molecule has 0 bridgehead atoms. The predicted octanol–water partition coefficient (Wildman–Crippen LogP) is 3.15.